The maximum atomic E-state index is 14.4. The molecule has 2 heterocycles. The lowest BCUT2D eigenvalue weighted by molar-refractivity contribution is 0.386. The zero-order valence-electron chi connectivity index (χ0n) is 17.8. The average molecular weight is 516 g/mol. The third-order valence-corrected chi connectivity index (χ3v) is 6.94. The summed E-state index contributed by atoms with van der Waals surface area (Å²) in [5.74, 6) is -0.604. The lowest BCUT2D eigenvalue weighted by atomic mass is 9.98. The number of halogens is 4. The predicted molar refractivity (Wildman–Crippen MR) is 133 cm³/mol. The van der Waals surface area contributed by atoms with Crippen LogP contribution in [0.4, 0.5) is 13.9 Å². The van der Waals surface area contributed by atoms with Crippen LogP contribution in [-0.2, 0) is 0 Å². The Kier molecular flexibility index (Phi) is 6.25. The first kappa shape index (κ1) is 22.8. The Morgan fingerprint density at radius 3 is 2.47 bits per heavy atom. The van der Waals surface area contributed by atoms with Gasteiger partial charge in [0.05, 0.1) is 24.6 Å². The van der Waals surface area contributed by atoms with E-state index in [0.29, 0.717) is 38.6 Å². The lowest BCUT2D eigenvalue weighted by Crippen LogP contribution is -2.18. The van der Waals surface area contributed by atoms with Gasteiger partial charge >= 0.3 is 0 Å². The topological polar surface area (TPSA) is 37.7 Å². The van der Waals surface area contributed by atoms with E-state index in [9.17, 15) is 8.78 Å². The zero-order valence-corrected chi connectivity index (χ0v) is 20.1. The van der Waals surface area contributed by atoms with Gasteiger partial charge in [0.15, 0.2) is 11.6 Å². The summed E-state index contributed by atoms with van der Waals surface area (Å²) in [7, 11) is 1.42. The summed E-state index contributed by atoms with van der Waals surface area (Å²) in [6.45, 7) is 0. The van der Waals surface area contributed by atoms with Crippen LogP contribution in [0.3, 0.4) is 0 Å². The lowest BCUT2D eigenvalue weighted by Gasteiger charge is -2.22. The van der Waals surface area contributed by atoms with Crippen molar-refractivity contribution in [3.8, 4) is 17.0 Å². The van der Waals surface area contributed by atoms with Gasteiger partial charge in [-0.15, -0.1) is 11.3 Å². The van der Waals surface area contributed by atoms with Crippen molar-refractivity contribution in [2.45, 2.75) is 12.5 Å². The average Bonchev–Trinajstić information content (AvgIpc) is 3.47. The Morgan fingerprint density at radius 1 is 1.00 bits per heavy atom. The van der Waals surface area contributed by atoms with Crippen LogP contribution in [0.25, 0.3) is 11.3 Å². The molecular formula is C25H17Cl2F2N3OS. The van der Waals surface area contributed by atoms with Crippen molar-refractivity contribution in [2.24, 2.45) is 5.10 Å². The van der Waals surface area contributed by atoms with E-state index in [2.05, 4.69) is 0 Å². The summed E-state index contributed by atoms with van der Waals surface area (Å²) >= 11 is 14.1. The van der Waals surface area contributed by atoms with Gasteiger partial charge in [0.1, 0.15) is 5.82 Å². The Labute approximate surface area is 209 Å². The number of anilines is 1. The molecule has 0 N–H and O–H groups in total. The maximum absolute atomic E-state index is 14.4. The first-order valence-corrected chi connectivity index (χ1v) is 11.9. The predicted octanol–water partition coefficient (Wildman–Crippen LogP) is 7.76. The molecule has 1 aliphatic heterocycles. The monoisotopic (exact) mass is 515 g/mol. The number of benzene rings is 3. The Balaban J connectivity index is 1.55. The van der Waals surface area contributed by atoms with Crippen LogP contribution in [0.1, 0.15) is 23.6 Å². The molecule has 0 saturated heterocycles. The van der Waals surface area contributed by atoms with Gasteiger partial charge in [0, 0.05) is 33.0 Å². The van der Waals surface area contributed by atoms with E-state index in [1.165, 1.54) is 36.6 Å². The van der Waals surface area contributed by atoms with Crippen molar-refractivity contribution < 1.29 is 13.5 Å². The quantitative estimate of drug-likeness (QED) is 0.272. The smallest absolute Gasteiger partial charge is 0.207 e. The molecule has 0 fully saturated rings. The number of hydrogen-bond donors (Lipinski definition) is 0. The highest BCUT2D eigenvalue weighted by Gasteiger charge is 2.33. The second-order valence-corrected chi connectivity index (χ2v) is 9.33. The van der Waals surface area contributed by atoms with Gasteiger partial charge in [-0.05, 0) is 60.2 Å². The fourth-order valence-corrected chi connectivity index (χ4v) is 5.21. The molecule has 4 aromatic rings. The molecule has 0 unspecified atom stereocenters. The number of rotatable bonds is 5. The number of aromatic nitrogens is 1. The summed E-state index contributed by atoms with van der Waals surface area (Å²) in [6, 6.07) is 16.0. The Hall–Kier alpha value is -3.00. The second kappa shape index (κ2) is 9.33. The molecular weight excluding hydrogens is 499 g/mol. The molecule has 3 aromatic carbocycles. The van der Waals surface area contributed by atoms with Gasteiger partial charge in [-0.25, -0.2) is 18.8 Å². The molecule has 172 valence electrons. The minimum absolute atomic E-state index is 0.167. The highest BCUT2D eigenvalue weighted by Crippen LogP contribution is 2.42. The number of nitrogens with zero attached hydrogens (tertiary/aromatic N) is 3. The van der Waals surface area contributed by atoms with Gasteiger partial charge in [-0.2, -0.15) is 5.10 Å². The normalized spacial score (nSPS) is 15.5. The van der Waals surface area contributed by atoms with Gasteiger partial charge in [-0.1, -0.05) is 29.3 Å². The summed E-state index contributed by atoms with van der Waals surface area (Å²) in [5.41, 5.74) is 3.67. The van der Waals surface area contributed by atoms with Crippen molar-refractivity contribution in [3.05, 3.63) is 98.9 Å². The van der Waals surface area contributed by atoms with E-state index in [0.717, 1.165) is 11.1 Å². The van der Waals surface area contributed by atoms with Crippen molar-refractivity contribution in [2.75, 3.05) is 12.1 Å². The van der Waals surface area contributed by atoms with Crippen LogP contribution in [0.2, 0.25) is 10.0 Å². The minimum atomic E-state index is -0.463. The molecule has 0 saturated carbocycles. The van der Waals surface area contributed by atoms with Gasteiger partial charge < -0.3 is 4.74 Å². The van der Waals surface area contributed by atoms with E-state index in [1.54, 1.807) is 41.4 Å². The largest absolute Gasteiger partial charge is 0.494 e. The highest BCUT2D eigenvalue weighted by molar-refractivity contribution is 7.14. The summed E-state index contributed by atoms with van der Waals surface area (Å²) in [5, 5.41) is 10.2. The number of thiazole rings is 1. The third-order valence-electron chi connectivity index (χ3n) is 5.54. The van der Waals surface area contributed by atoms with Crippen LogP contribution in [0, 0.1) is 11.6 Å². The molecule has 0 radical (unpaired) electrons. The molecule has 0 spiro atoms. The number of hydrazone groups is 1. The molecule has 34 heavy (non-hydrogen) atoms. The van der Waals surface area contributed by atoms with Crippen LogP contribution < -0.4 is 9.75 Å². The van der Waals surface area contributed by atoms with Crippen LogP contribution in [0.15, 0.2) is 71.1 Å². The van der Waals surface area contributed by atoms with Crippen molar-refractivity contribution in [3.63, 3.8) is 0 Å². The first-order chi connectivity index (χ1) is 16.4. The number of ether oxygens (including phenoxy) is 1. The molecule has 4 nitrogen and oxygen atoms in total. The zero-order chi connectivity index (χ0) is 23.8. The summed E-state index contributed by atoms with van der Waals surface area (Å²) in [4.78, 5) is 4.74. The standard InChI is InChI=1S/C25H17Cl2F2N3OS/c1-33-24-9-4-15(10-20(24)29)21-12-23(18-8-5-16(26)11-19(18)27)32(31-21)25-30-22(13-34-25)14-2-6-17(28)7-3-14/h2-11,13,23H,12H2,1H3/t23-/m1/s1. The fraction of sp³-hybridized carbons (Fsp3) is 0.120. The molecule has 0 amide bonds. The molecule has 0 aliphatic carbocycles. The Bertz CT molecular complexity index is 1390. The van der Waals surface area contributed by atoms with E-state index < -0.39 is 5.82 Å². The molecule has 1 aliphatic rings. The molecule has 1 atom stereocenters. The van der Waals surface area contributed by atoms with E-state index >= 15 is 0 Å². The number of methoxy groups -OCH3 is 1. The van der Waals surface area contributed by atoms with Crippen molar-refractivity contribution >= 4 is 45.4 Å². The second-order valence-electron chi connectivity index (χ2n) is 7.65. The van der Waals surface area contributed by atoms with Crippen LogP contribution >= 0.6 is 34.5 Å². The van der Waals surface area contributed by atoms with Gasteiger partial charge in [0.25, 0.3) is 0 Å². The van der Waals surface area contributed by atoms with E-state index in [4.69, 9.17) is 38.0 Å². The highest BCUT2D eigenvalue weighted by atomic mass is 35.5. The third kappa shape index (κ3) is 4.39. The first-order valence-electron chi connectivity index (χ1n) is 10.3. The van der Waals surface area contributed by atoms with E-state index in [1.807, 2.05) is 11.4 Å². The minimum Gasteiger partial charge on any atom is -0.494 e. The maximum Gasteiger partial charge on any atom is 0.207 e. The van der Waals surface area contributed by atoms with Gasteiger partial charge in [0.2, 0.25) is 5.13 Å². The number of hydrogen-bond acceptors (Lipinski definition) is 5. The SMILES string of the molecule is COc1ccc(C2=NN(c3nc(-c4ccc(F)cc4)cs3)[C@@H](c3ccc(Cl)cc3Cl)C2)cc1F. The van der Waals surface area contributed by atoms with E-state index in [-0.39, 0.29) is 17.6 Å². The van der Waals surface area contributed by atoms with Crippen molar-refractivity contribution in [1.82, 2.24) is 4.98 Å². The van der Waals surface area contributed by atoms with Crippen LogP contribution in [0.5, 0.6) is 5.75 Å². The van der Waals surface area contributed by atoms with Crippen LogP contribution in [-0.4, -0.2) is 17.8 Å². The Morgan fingerprint density at radius 2 is 1.76 bits per heavy atom. The van der Waals surface area contributed by atoms with Gasteiger partial charge in [-0.3, -0.25) is 0 Å². The fourth-order valence-electron chi connectivity index (χ4n) is 3.84. The summed E-state index contributed by atoms with van der Waals surface area (Å²) in [6.07, 6.45) is 0.485. The molecule has 9 heteroatoms. The molecule has 0 bridgehead atoms. The summed E-state index contributed by atoms with van der Waals surface area (Å²) < 4.78 is 32.8. The molecule has 1 aromatic heterocycles. The van der Waals surface area contributed by atoms with Crippen molar-refractivity contribution in [1.29, 1.82) is 0 Å². The molecule has 5 rings (SSSR count).